The van der Waals surface area contributed by atoms with E-state index in [1.807, 2.05) is 19.9 Å². The average molecular weight is 311 g/mol. The number of hydrogen-bond acceptors (Lipinski definition) is 4. The van der Waals surface area contributed by atoms with Crippen LogP contribution in [-0.4, -0.2) is 26.8 Å². The Labute approximate surface area is 118 Å². The van der Waals surface area contributed by atoms with Crippen LogP contribution in [0.25, 0.3) is 0 Å². The number of rotatable bonds is 7. The van der Waals surface area contributed by atoms with E-state index in [1.165, 1.54) is 11.3 Å². The van der Waals surface area contributed by atoms with Crippen molar-refractivity contribution < 1.29 is 8.42 Å². The third-order valence-electron chi connectivity index (χ3n) is 2.57. The summed E-state index contributed by atoms with van der Waals surface area (Å²) in [6, 6.07) is 3.36. The zero-order valence-electron chi connectivity index (χ0n) is 10.7. The molecule has 0 aliphatic rings. The summed E-state index contributed by atoms with van der Waals surface area (Å²) in [5.41, 5.74) is 0. The molecule has 0 radical (unpaired) electrons. The van der Waals surface area contributed by atoms with E-state index in [0.717, 1.165) is 11.4 Å². The minimum Gasteiger partial charge on any atom is -0.316 e. The summed E-state index contributed by atoms with van der Waals surface area (Å²) in [5.74, 6) is 0. The molecule has 0 saturated carbocycles. The number of halogens is 1. The summed E-state index contributed by atoms with van der Waals surface area (Å²) in [7, 11) is -3.32. The van der Waals surface area contributed by atoms with Crippen molar-refractivity contribution in [2.24, 2.45) is 0 Å². The van der Waals surface area contributed by atoms with Crippen molar-refractivity contribution in [2.75, 3.05) is 13.1 Å². The molecular formula is C11H19ClN2O2S2. The molecule has 0 bridgehead atoms. The van der Waals surface area contributed by atoms with Crippen molar-refractivity contribution in [3.05, 3.63) is 21.3 Å². The summed E-state index contributed by atoms with van der Waals surface area (Å²) < 4.78 is 27.4. The summed E-state index contributed by atoms with van der Waals surface area (Å²) in [5, 5.41) is 2.57. The van der Waals surface area contributed by atoms with Crippen LogP contribution in [0.2, 0.25) is 4.34 Å². The smallest absolute Gasteiger partial charge is 0.216 e. The summed E-state index contributed by atoms with van der Waals surface area (Å²) in [6.07, 6.45) is 0. The van der Waals surface area contributed by atoms with Crippen molar-refractivity contribution in [3.8, 4) is 0 Å². The maximum Gasteiger partial charge on any atom is 0.216 e. The molecule has 104 valence electrons. The van der Waals surface area contributed by atoms with Gasteiger partial charge in [-0.25, -0.2) is 13.1 Å². The van der Waals surface area contributed by atoms with Crippen LogP contribution < -0.4 is 10.0 Å². The Balaban J connectivity index is 2.65. The van der Waals surface area contributed by atoms with Gasteiger partial charge in [-0.2, -0.15) is 0 Å². The van der Waals surface area contributed by atoms with Crippen molar-refractivity contribution in [1.82, 2.24) is 10.0 Å². The van der Waals surface area contributed by atoms with Crippen LogP contribution in [-0.2, 0) is 10.0 Å². The van der Waals surface area contributed by atoms with Crippen LogP contribution in [0.3, 0.4) is 0 Å². The van der Waals surface area contributed by atoms with E-state index in [0.29, 0.717) is 10.9 Å². The molecule has 1 rings (SSSR count). The predicted octanol–water partition coefficient (Wildman–Crippen LogP) is 2.38. The minimum absolute atomic E-state index is 0.253. The Hall–Kier alpha value is -0.140. The highest BCUT2D eigenvalue weighted by Crippen LogP contribution is 2.27. The van der Waals surface area contributed by atoms with Gasteiger partial charge >= 0.3 is 0 Å². The number of hydrogen-bond donors (Lipinski definition) is 2. The molecule has 0 aromatic carbocycles. The van der Waals surface area contributed by atoms with Crippen LogP contribution in [0.15, 0.2) is 12.1 Å². The molecule has 4 nitrogen and oxygen atoms in total. The molecule has 0 aliphatic carbocycles. The van der Waals surface area contributed by atoms with E-state index in [4.69, 9.17) is 11.6 Å². The first-order chi connectivity index (χ1) is 8.36. The van der Waals surface area contributed by atoms with Crippen molar-refractivity contribution in [1.29, 1.82) is 0 Å². The van der Waals surface area contributed by atoms with Gasteiger partial charge in [-0.05, 0) is 32.5 Å². The second-order valence-corrected chi connectivity index (χ2v) is 8.02. The summed E-state index contributed by atoms with van der Waals surface area (Å²) >= 11 is 7.23. The zero-order valence-corrected chi connectivity index (χ0v) is 13.1. The zero-order chi connectivity index (χ0) is 13.8. The molecule has 7 heteroatoms. The van der Waals surface area contributed by atoms with Crippen LogP contribution >= 0.6 is 22.9 Å². The number of thiophene rings is 1. The monoisotopic (exact) mass is 310 g/mol. The van der Waals surface area contributed by atoms with E-state index in [2.05, 4.69) is 10.0 Å². The highest BCUT2D eigenvalue weighted by molar-refractivity contribution is 7.90. The van der Waals surface area contributed by atoms with Gasteiger partial charge in [-0.3, -0.25) is 0 Å². The molecule has 0 fully saturated rings. The van der Waals surface area contributed by atoms with Crippen molar-refractivity contribution >= 4 is 33.0 Å². The number of sulfonamides is 1. The molecule has 18 heavy (non-hydrogen) atoms. The van der Waals surface area contributed by atoms with Crippen LogP contribution in [0.4, 0.5) is 0 Å². The van der Waals surface area contributed by atoms with E-state index < -0.39 is 15.3 Å². The maximum absolute atomic E-state index is 12.0. The molecule has 2 unspecified atom stereocenters. The van der Waals surface area contributed by atoms with Gasteiger partial charge < -0.3 is 5.32 Å². The number of nitrogens with one attached hydrogen (secondary N) is 2. The third-order valence-corrected chi connectivity index (χ3v) is 5.90. The fraction of sp³-hybridized carbons (Fsp3) is 0.636. The highest BCUT2D eigenvalue weighted by atomic mass is 35.5. The van der Waals surface area contributed by atoms with Gasteiger partial charge in [0.25, 0.3) is 0 Å². The Kier molecular flexibility index (Phi) is 6.07. The van der Waals surface area contributed by atoms with E-state index >= 15 is 0 Å². The van der Waals surface area contributed by atoms with Crippen molar-refractivity contribution in [2.45, 2.75) is 32.1 Å². The quantitative estimate of drug-likeness (QED) is 0.813. The van der Waals surface area contributed by atoms with Gasteiger partial charge in [0.2, 0.25) is 10.0 Å². The van der Waals surface area contributed by atoms with E-state index in [9.17, 15) is 8.42 Å². The molecule has 0 saturated heterocycles. The van der Waals surface area contributed by atoms with E-state index in [-0.39, 0.29) is 6.04 Å². The first kappa shape index (κ1) is 15.9. The summed E-state index contributed by atoms with van der Waals surface area (Å²) in [4.78, 5) is 0.916. The van der Waals surface area contributed by atoms with Gasteiger partial charge in [-0.15, -0.1) is 11.3 Å². The van der Waals surface area contributed by atoms with Gasteiger partial charge in [0.05, 0.1) is 15.6 Å². The predicted molar refractivity (Wildman–Crippen MR) is 77.8 cm³/mol. The van der Waals surface area contributed by atoms with Crippen molar-refractivity contribution in [3.63, 3.8) is 0 Å². The molecule has 0 aliphatic heterocycles. The summed E-state index contributed by atoms with van der Waals surface area (Å²) in [6.45, 7) is 6.67. The van der Waals surface area contributed by atoms with Gasteiger partial charge in [0.1, 0.15) is 0 Å². The molecule has 1 heterocycles. The lowest BCUT2D eigenvalue weighted by Crippen LogP contribution is -2.39. The van der Waals surface area contributed by atoms with Gasteiger partial charge in [0, 0.05) is 11.4 Å². The lowest BCUT2D eigenvalue weighted by molar-refractivity contribution is 0.548. The molecule has 1 aromatic rings. The Morgan fingerprint density at radius 1 is 1.39 bits per heavy atom. The maximum atomic E-state index is 12.0. The highest BCUT2D eigenvalue weighted by Gasteiger charge is 2.23. The largest absolute Gasteiger partial charge is 0.316 e. The fourth-order valence-electron chi connectivity index (χ4n) is 1.44. The fourth-order valence-corrected chi connectivity index (χ4v) is 3.77. The topological polar surface area (TPSA) is 58.2 Å². The molecule has 0 spiro atoms. The lowest BCUT2D eigenvalue weighted by Gasteiger charge is -2.17. The SMILES string of the molecule is CCNCC(C)S(=O)(=O)NC(C)c1ccc(Cl)s1. The first-order valence-electron chi connectivity index (χ1n) is 5.84. The second-order valence-electron chi connectivity index (χ2n) is 4.14. The molecule has 2 atom stereocenters. The Morgan fingerprint density at radius 2 is 2.06 bits per heavy atom. The average Bonchev–Trinajstić information content (AvgIpc) is 2.72. The Bertz CT molecular complexity index is 473. The van der Waals surface area contributed by atoms with Crippen LogP contribution in [0.5, 0.6) is 0 Å². The van der Waals surface area contributed by atoms with Gasteiger partial charge in [0.15, 0.2) is 0 Å². The third kappa shape index (κ3) is 4.51. The second kappa shape index (κ2) is 6.86. The lowest BCUT2D eigenvalue weighted by atomic mass is 10.3. The normalized spacial score (nSPS) is 15.6. The molecular weight excluding hydrogens is 292 g/mol. The van der Waals surface area contributed by atoms with E-state index in [1.54, 1.807) is 13.0 Å². The molecule has 1 aromatic heterocycles. The van der Waals surface area contributed by atoms with Gasteiger partial charge in [-0.1, -0.05) is 18.5 Å². The standard InChI is InChI=1S/C11H19ClN2O2S2/c1-4-13-7-8(2)18(15,16)14-9(3)10-5-6-11(12)17-10/h5-6,8-9,13-14H,4,7H2,1-3H3. The van der Waals surface area contributed by atoms with Crippen LogP contribution in [0, 0.1) is 0 Å². The molecule has 0 amide bonds. The minimum atomic E-state index is -3.32. The first-order valence-corrected chi connectivity index (χ1v) is 8.58. The Morgan fingerprint density at radius 3 is 2.56 bits per heavy atom. The van der Waals surface area contributed by atoms with Crippen LogP contribution in [0.1, 0.15) is 31.7 Å². The molecule has 2 N–H and O–H groups in total.